The predicted octanol–water partition coefficient (Wildman–Crippen LogP) is 3.25. The molecule has 8 nitrogen and oxygen atoms in total. The smallest absolute Gasteiger partial charge is 0.257 e. The van der Waals surface area contributed by atoms with Crippen molar-refractivity contribution < 1.29 is 24.2 Å². The number of aromatic hydroxyl groups is 1. The summed E-state index contributed by atoms with van der Waals surface area (Å²) in [5, 5.41) is 16.4. The number of benzene rings is 2. The topological polar surface area (TPSA) is 108 Å². The number of phenolic OH excluding ortho intramolecular Hbond substituents is 1. The van der Waals surface area contributed by atoms with Crippen molar-refractivity contribution in [2.75, 3.05) is 26.0 Å². The molecular weight excluding hydrogens is 410 g/mol. The first kappa shape index (κ1) is 24.5. The van der Waals surface area contributed by atoms with Gasteiger partial charge in [-0.3, -0.25) is 14.4 Å². The van der Waals surface area contributed by atoms with Crippen molar-refractivity contribution in [1.82, 2.24) is 10.2 Å². The largest absolute Gasteiger partial charge is 0.505 e. The molecule has 1 amide bonds. The van der Waals surface area contributed by atoms with Gasteiger partial charge in [0.15, 0.2) is 18.3 Å². The molecule has 0 radical (unpaired) electrons. The molecule has 0 aliphatic heterocycles. The van der Waals surface area contributed by atoms with E-state index in [1.54, 1.807) is 20.2 Å². The van der Waals surface area contributed by atoms with Gasteiger partial charge in [0.2, 0.25) is 0 Å². The number of hydrogen-bond acceptors (Lipinski definition) is 7. The maximum Gasteiger partial charge on any atom is 0.257 e. The van der Waals surface area contributed by atoms with E-state index in [0.29, 0.717) is 31.3 Å². The van der Waals surface area contributed by atoms with Gasteiger partial charge in [-0.2, -0.15) is 0 Å². The van der Waals surface area contributed by atoms with Crippen LogP contribution in [0.15, 0.2) is 53.9 Å². The third kappa shape index (κ3) is 5.87. The van der Waals surface area contributed by atoms with Crippen LogP contribution in [-0.4, -0.2) is 49.2 Å². The molecule has 0 bridgehead atoms. The number of allylic oxidation sites excluding steroid dienone is 2. The van der Waals surface area contributed by atoms with Crippen LogP contribution in [0.4, 0.5) is 5.69 Å². The first-order valence-electron chi connectivity index (χ1n) is 10.3. The quantitative estimate of drug-likeness (QED) is 0.280. The molecule has 1 atom stereocenters. The summed E-state index contributed by atoms with van der Waals surface area (Å²) in [7, 11) is 3.14. The molecule has 2 aromatic rings. The van der Waals surface area contributed by atoms with E-state index in [9.17, 15) is 19.5 Å². The van der Waals surface area contributed by atoms with Crippen molar-refractivity contribution in [2.24, 2.45) is 0 Å². The lowest BCUT2D eigenvalue weighted by Gasteiger charge is -2.21. The van der Waals surface area contributed by atoms with Gasteiger partial charge in [-0.1, -0.05) is 25.1 Å². The van der Waals surface area contributed by atoms with Crippen LogP contribution in [-0.2, 0) is 9.59 Å². The van der Waals surface area contributed by atoms with Gasteiger partial charge in [-0.05, 0) is 43.2 Å². The molecule has 0 fully saturated rings. The van der Waals surface area contributed by atoms with E-state index in [1.165, 1.54) is 17.0 Å². The third-order valence-electron chi connectivity index (χ3n) is 4.78. The monoisotopic (exact) mass is 439 g/mol. The Morgan fingerprint density at radius 2 is 1.78 bits per heavy atom. The summed E-state index contributed by atoms with van der Waals surface area (Å²) >= 11 is 0. The fourth-order valence-corrected chi connectivity index (χ4v) is 3.14. The molecule has 0 aliphatic rings. The predicted molar refractivity (Wildman–Crippen MR) is 123 cm³/mol. The molecular formula is C24H29N3O5. The van der Waals surface area contributed by atoms with Crippen LogP contribution in [0.3, 0.4) is 0 Å². The van der Waals surface area contributed by atoms with Crippen LogP contribution in [0, 0.1) is 0 Å². The number of aldehydes is 2. The Bertz CT molecular complexity index is 1000. The summed E-state index contributed by atoms with van der Waals surface area (Å²) in [4.78, 5) is 37.2. The molecule has 2 rings (SSSR count). The Balaban J connectivity index is 2.36. The molecule has 0 aliphatic carbocycles. The molecule has 1 unspecified atom stereocenters. The van der Waals surface area contributed by atoms with Gasteiger partial charge < -0.3 is 25.4 Å². The maximum atomic E-state index is 12.3. The zero-order valence-electron chi connectivity index (χ0n) is 18.7. The van der Waals surface area contributed by atoms with E-state index in [1.807, 2.05) is 38.1 Å². The lowest BCUT2D eigenvalue weighted by molar-refractivity contribution is -0.107. The number of anilines is 1. The standard InChI is InChI=1S/C24H29N3O5/c1-5-19(16-9-7-10-17(13-16)32-6-2)25-21(14-28)22(15-29)26-20-12-8-11-18(23(20)30)24(31)27(3)4/h7-15,19,25-26,30H,5-6H2,1-4H3/b22-21-. The van der Waals surface area contributed by atoms with E-state index in [2.05, 4.69) is 10.6 Å². The van der Waals surface area contributed by atoms with E-state index in [0.717, 1.165) is 5.56 Å². The second kappa shape index (κ2) is 11.5. The molecule has 0 aromatic heterocycles. The number of amides is 1. The van der Waals surface area contributed by atoms with Crippen molar-refractivity contribution in [3.05, 3.63) is 65.0 Å². The van der Waals surface area contributed by atoms with E-state index in [4.69, 9.17) is 4.74 Å². The van der Waals surface area contributed by atoms with Crippen LogP contribution in [0.1, 0.15) is 42.2 Å². The summed E-state index contributed by atoms with van der Waals surface area (Å²) < 4.78 is 5.54. The first-order chi connectivity index (χ1) is 15.4. The minimum atomic E-state index is -0.392. The van der Waals surface area contributed by atoms with Gasteiger partial charge in [0, 0.05) is 14.1 Å². The molecule has 0 heterocycles. The molecule has 170 valence electrons. The summed E-state index contributed by atoms with van der Waals surface area (Å²) in [6.07, 6.45) is 1.66. The van der Waals surface area contributed by atoms with Gasteiger partial charge in [0.25, 0.3) is 5.91 Å². The highest BCUT2D eigenvalue weighted by molar-refractivity contribution is 5.99. The number of rotatable bonds is 11. The van der Waals surface area contributed by atoms with Crippen LogP contribution in [0.2, 0.25) is 0 Å². The fraction of sp³-hybridized carbons (Fsp3) is 0.292. The first-order valence-corrected chi connectivity index (χ1v) is 10.3. The van der Waals surface area contributed by atoms with Crippen molar-refractivity contribution in [3.8, 4) is 11.5 Å². The highest BCUT2D eigenvalue weighted by Gasteiger charge is 2.19. The van der Waals surface area contributed by atoms with Gasteiger partial charge >= 0.3 is 0 Å². The zero-order chi connectivity index (χ0) is 23.7. The van der Waals surface area contributed by atoms with Gasteiger partial charge in [0.1, 0.15) is 17.1 Å². The minimum absolute atomic E-state index is 0.0254. The number of ether oxygens (including phenoxy) is 1. The van der Waals surface area contributed by atoms with Crippen molar-refractivity contribution in [2.45, 2.75) is 26.3 Å². The SMILES string of the molecule is CCOc1cccc(C(CC)N/C(C=O)=C(/C=O)Nc2cccc(C(=O)N(C)C)c2O)c1. The van der Waals surface area contributed by atoms with Crippen LogP contribution in [0.5, 0.6) is 11.5 Å². The molecule has 2 aromatic carbocycles. The maximum absolute atomic E-state index is 12.3. The minimum Gasteiger partial charge on any atom is -0.505 e. The second-order valence-corrected chi connectivity index (χ2v) is 7.20. The number of nitrogens with zero attached hydrogens (tertiary/aromatic N) is 1. The van der Waals surface area contributed by atoms with Crippen LogP contribution in [0.25, 0.3) is 0 Å². The number of para-hydroxylation sites is 1. The summed E-state index contributed by atoms with van der Waals surface area (Å²) in [6.45, 7) is 4.38. The van der Waals surface area contributed by atoms with Gasteiger partial charge in [-0.25, -0.2) is 0 Å². The lowest BCUT2D eigenvalue weighted by atomic mass is 10.0. The summed E-state index contributed by atoms with van der Waals surface area (Å²) in [5.74, 6) is 0.00640. The lowest BCUT2D eigenvalue weighted by Crippen LogP contribution is -2.25. The molecule has 8 heteroatoms. The van der Waals surface area contributed by atoms with Crippen LogP contribution >= 0.6 is 0 Å². The number of nitrogens with one attached hydrogen (secondary N) is 2. The number of hydrogen-bond donors (Lipinski definition) is 3. The van der Waals surface area contributed by atoms with Gasteiger partial charge in [0.05, 0.1) is 23.9 Å². The van der Waals surface area contributed by atoms with Crippen LogP contribution < -0.4 is 15.4 Å². The third-order valence-corrected chi connectivity index (χ3v) is 4.78. The van der Waals surface area contributed by atoms with Crippen molar-refractivity contribution in [1.29, 1.82) is 0 Å². The molecule has 3 N–H and O–H groups in total. The van der Waals surface area contributed by atoms with E-state index >= 15 is 0 Å². The highest BCUT2D eigenvalue weighted by Crippen LogP contribution is 2.30. The number of carbonyl (C=O) groups is 3. The van der Waals surface area contributed by atoms with E-state index in [-0.39, 0.29) is 34.4 Å². The second-order valence-electron chi connectivity index (χ2n) is 7.20. The summed E-state index contributed by atoms with van der Waals surface area (Å²) in [5.41, 5.74) is 1.06. The Morgan fingerprint density at radius 3 is 2.38 bits per heavy atom. The molecule has 0 saturated carbocycles. The number of phenols is 1. The normalized spacial score (nSPS) is 12.2. The Hall–Kier alpha value is -3.81. The summed E-state index contributed by atoms with van der Waals surface area (Å²) in [6, 6.07) is 11.8. The fourth-order valence-electron chi connectivity index (χ4n) is 3.14. The van der Waals surface area contributed by atoms with Gasteiger partial charge in [-0.15, -0.1) is 0 Å². The Labute approximate surface area is 187 Å². The van der Waals surface area contributed by atoms with Crippen molar-refractivity contribution >= 4 is 24.2 Å². The van der Waals surface area contributed by atoms with Crippen molar-refractivity contribution in [3.63, 3.8) is 0 Å². The Kier molecular flexibility index (Phi) is 8.83. The zero-order valence-corrected chi connectivity index (χ0v) is 18.7. The number of carbonyl (C=O) groups excluding carboxylic acids is 3. The molecule has 0 spiro atoms. The average molecular weight is 440 g/mol. The molecule has 32 heavy (non-hydrogen) atoms. The average Bonchev–Trinajstić information content (AvgIpc) is 2.79. The highest BCUT2D eigenvalue weighted by atomic mass is 16.5. The molecule has 0 saturated heterocycles. The Morgan fingerprint density at radius 1 is 1.09 bits per heavy atom. The van der Waals surface area contributed by atoms with E-state index < -0.39 is 5.91 Å².